The molecule has 0 atom stereocenters. The van der Waals surface area contributed by atoms with Gasteiger partial charge < -0.3 is 10.8 Å². The number of aromatic carboxylic acids is 1. The van der Waals surface area contributed by atoms with Crippen LogP contribution in [-0.2, 0) is 6.54 Å². The first-order valence-electron chi connectivity index (χ1n) is 3.87. The van der Waals surface area contributed by atoms with E-state index < -0.39 is 23.5 Å². The van der Waals surface area contributed by atoms with E-state index in [0.717, 1.165) is 6.20 Å². The van der Waals surface area contributed by atoms with Crippen LogP contribution in [0.25, 0.3) is 0 Å². The summed E-state index contributed by atoms with van der Waals surface area (Å²) in [4.78, 5) is 14.3. The minimum atomic E-state index is -2.89. The highest BCUT2D eigenvalue weighted by Crippen LogP contribution is 2.32. The number of carboxylic acid groups (broad SMARTS) is 1. The smallest absolute Gasteiger partial charge is 0.337 e. The monoisotopic (exact) mass is 280 g/mol. The highest BCUT2D eigenvalue weighted by Gasteiger charge is 2.23. The molecule has 0 aromatic carbocycles. The van der Waals surface area contributed by atoms with Gasteiger partial charge in [-0.15, -0.1) is 0 Å². The Morgan fingerprint density at radius 2 is 2.27 bits per heavy atom. The van der Waals surface area contributed by atoms with E-state index >= 15 is 0 Å². The van der Waals surface area contributed by atoms with E-state index in [1.165, 1.54) is 0 Å². The zero-order valence-electron chi connectivity index (χ0n) is 7.38. The van der Waals surface area contributed by atoms with Crippen LogP contribution >= 0.6 is 15.9 Å². The van der Waals surface area contributed by atoms with Gasteiger partial charge in [-0.2, -0.15) is 0 Å². The summed E-state index contributed by atoms with van der Waals surface area (Å²) >= 11 is 2.88. The van der Waals surface area contributed by atoms with Gasteiger partial charge in [-0.25, -0.2) is 13.6 Å². The molecular formula is C8H7BrF2N2O2. The van der Waals surface area contributed by atoms with E-state index in [4.69, 9.17) is 10.8 Å². The Labute approximate surface area is 92.2 Å². The molecule has 0 saturated heterocycles. The SMILES string of the molecule is NCc1ncc(C(=O)O)c(C(F)F)c1Br. The highest BCUT2D eigenvalue weighted by molar-refractivity contribution is 9.10. The molecule has 1 aromatic rings. The predicted molar refractivity (Wildman–Crippen MR) is 51.7 cm³/mol. The fourth-order valence-corrected chi connectivity index (χ4v) is 1.72. The van der Waals surface area contributed by atoms with Crippen LogP contribution in [0.15, 0.2) is 10.7 Å². The van der Waals surface area contributed by atoms with Crippen LogP contribution in [0.1, 0.15) is 28.0 Å². The van der Waals surface area contributed by atoms with Crippen LogP contribution in [0.5, 0.6) is 0 Å². The summed E-state index contributed by atoms with van der Waals surface area (Å²) in [6.07, 6.45) is -2.00. The van der Waals surface area contributed by atoms with Crippen molar-refractivity contribution in [1.29, 1.82) is 0 Å². The molecule has 0 saturated carbocycles. The van der Waals surface area contributed by atoms with Crippen LogP contribution in [0, 0.1) is 0 Å². The van der Waals surface area contributed by atoms with E-state index in [1.807, 2.05) is 0 Å². The number of aromatic nitrogens is 1. The van der Waals surface area contributed by atoms with Crippen LogP contribution < -0.4 is 5.73 Å². The average Bonchev–Trinajstić information content (AvgIpc) is 2.16. The number of carbonyl (C=O) groups is 1. The fourth-order valence-electron chi connectivity index (χ4n) is 1.07. The molecule has 4 nitrogen and oxygen atoms in total. The maximum Gasteiger partial charge on any atom is 0.337 e. The van der Waals surface area contributed by atoms with Gasteiger partial charge in [0.05, 0.1) is 15.7 Å². The summed E-state index contributed by atoms with van der Waals surface area (Å²) in [6, 6.07) is 0. The van der Waals surface area contributed by atoms with Crippen LogP contribution in [0.3, 0.4) is 0 Å². The molecule has 0 spiro atoms. The molecule has 15 heavy (non-hydrogen) atoms. The summed E-state index contributed by atoms with van der Waals surface area (Å²) < 4.78 is 25.2. The van der Waals surface area contributed by atoms with Crippen molar-refractivity contribution in [2.45, 2.75) is 13.0 Å². The largest absolute Gasteiger partial charge is 0.478 e. The number of hydrogen-bond donors (Lipinski definition) is 2. The molecule has 0 bridgehead atoms. The third kappa shape index (κ3) is 2.29. The minimum absolute atomic E-state index is 0.0415. The average molecular weight is 281 g/mol. The summed E-state index contributed by atoms with van der Waals surface area (Å²) in [5.41, 5.74) is 4.36. The van der Waals surface area contributed by atoms with E-state index in [2.05, 4.69) is 20.9 Å². The summed E-state index contributed by atoms with van der Waals surface area (Å²) in [6.45, 7) is -0.0415. The van der Waals surface area contributed by atoms with Gasteiger partial charge in [0.15, 0.2) is 0 Å². The van der Waals surface area contributed by atoms with Crippen LogP contribution in [0.2, 0.25) is 0 Å². The number of halogens is 3. The lowest BCUT2D eigenvalue weighted by molar-refractivity contribution is 0.0683. The van der Waals surface area contributed by atoms with Crippen molar-refractivity contribution in [1.82, 2.24) is 4.98 Å². The maximum absolute atomic E-state index is 12.6. The Morgan fingerprint density at radius 1 is 1.67 bits per heavy atom. The number of nitrogens with two attached hydrogens (primary N) is 1. The molecule has 0 fully saturated rings. The summed E-state index contributed by atoms with van der Waals surface area (Å²) in [5, 5.41) is 8.68. The summed E-state index contributed by atoms with van der Waals surface area (Å²) in [5.74, 6) is -1.44. The molecule has 0 unspecified atom stereocenters. The standard InChI is InChI=1S/C8H7BrF2N2O2/c9-6-4(1-12)13-2-3(8(14)15)5(6)7(10)11/h2,7H,1,12H2,(H,14,15). The predicted octanol–water partition coefficient (Wildman–Crippen LogP) is 1.94. The number of alkyl halides is 2. The van der Waals surface area contributed by atoms with E-state index in [0.29, 0.717) is 0 Å². The molecule has 82 valence electrons. The van der Waals surface area contributed by atoms with Crippen molar-refractivity contribution in [3.8, 4) is 0 Å². The van der Waals surface area contributed by atoms with Crippen LogP contribution in [0.4, 0.5) is 8.78 Å². The Morgan fingerprint density at radius 3 is 2.67 bits per heavy atom. The van der Waals surface area contributed by atoms with Gasteiger partial charge in [0, 0.05) is 18.3 Å². The second kappa shape index (κ2) is 4.63. The van der Waals surface area contributed by atoms with Crippen molar-refractivity contribution < 1.29 is 18.7 Å². The maximum atomic E-state index is 12.6. The first-order chi connectivity index (χ1) is 6.99. The number of nitrogens with zero attached hydrogens (tertiary/aromatic N) is 1. The molecular weight excluding hydrogens is 274 g/mol. The molecule has 1 rings (SSSR count). The molecule has 1 heterocycles. The number of carboxylic acids is 1. The van der Waals surface area contributed by atoms with E-state index in [-0.39, 0.29) is 16.7 Å². The topological polar surface area (TPSA) is 76.2 Å². The van der Waals surface area contributed by atoms with Crippen molar-refractivity contribution in [3.63, 3.8) is 0 Å². The molecule has 0 aliphatic heterocycles. The van der Waals surface area contributed by atoms with Gasteiger partial charge in [-0.05, 0) is 15.9 Å². The lowest BCUT2D eigenvalue weighted by Crippen LogP contribution is -2.10. The second-order valence-corrected chi connectivity index (χ2v) is 3.45. The number of pyridine rings is 1. The van der Waals surface area contributed by atoms with Gasteiger partial charge >= 0.3 is 5.97 Å². The van der Waals surface area contributed by atoms with Crippen LogP contribution in [-0.4, -0.2) is 16.1 Å². The molecule has 0 aliphatic rings. The lowest BCUT2D eigenvalue weighted by atomic mass is 10.1. The Kier molecular flexibility index (Phi) is 3.70. The zero-order chi connectivity index (χ0) is 11.6. The molecule has 1 aromatic heterocycles. The molecule has 0 radical (unpaired) electrons. The van der Waals surface area contributed by atoms with Crippen molar-refractivity contribution in [2.24, 2.45) is 5.73 Å². The number of rotatable bonds is 3. The first kappa shape index (κ1) is 12.0. The Bertz CT molecular complexity index is 398. The molecule has 7 heteroatoms. The quantitative estimate of drug-likeness (QED) is 0.887. The zero-order valence-corrected chi connectivity index (χ0v) is 8.96. The minimum Gasteiger partial charge on any atom is -0.478 e. The summed E-state index contributed by atoms with van der Waals surface area (Å²) in [7, 11) is 0. The van der Waals surface area contributed by atoms with Gasteiger partial charge in [0.1, 0.15) is 0 Å². The molecule has 3 N–H and O–H groups in total. The van der Waals surface area contributed by atoms with E-state index in [9.17, 15) is 13.6 Å². The third-order valence-corrected chi connectivity index (χ3v) is 2.66. The molecule has 0 amide bonds. The first-order valence-corrected chi connectivity index (χ1v) is 4.67. The fraction of sp³-hybridized carbons (Fsp3) is 0.250. The Balaban J connectivity index is 3.44. The van der Waals surface area contributed by atoms with E-state index in [1.54, 1.807) is 0 Å². The van der Waals surface area contributed by atoms with Gasteiger partial charge in [0.25, 0.3) is 6.43 Å². The van der Waals surface area contributed by atoms with Gasteiger partial charge in [-0.1, -0.05) is 0 Å². The third-order valence-electron chi connectivity index (χ3n) is 1.77. The Hall–Kier alpha value is -1.08. The highest BCUT2D eigenvalue weighted by atomic mass is 79.9. The van der Waals surface area contributed by atoms with Crippen molar-refractivity contribution in [3.05, 3.63) is 27.5 Å². The van der Waals surface area contributed by atoms with Crippen molar-refractivity contribution in [2.75, 3.05) is 0 Å². The lowest BCUT2D eigenvalue weighted by Gasteiger charge is -2.10. The van der Waals surface area contributed by atoms with Crippen molar-refractivity contribution >= 4 is 21.9 Å². The molecule has 0 aliphatic carbocycles. The number of hydrogen-bond acceptors (Lipinski definition) is 3. The second-order valence-electron chi connectivity index (χ2n) is 2.66. The van der Waals surface area contributed by atoms with Gasteiger partial charge in [0.2, 0.25) is 0 Å². The normalized spacial score (nSPS) is 10.7. The van der Waals surface area contributed by atoms with Gasteiger partial charge in [-0.3, -0.25) is 4.98 Å².